The summed E-state index contributed by atoms with van der Waals surface area (Å²) in [5.41, 5.74) is 2.59. The number of aryl methyl sites for hydroxylation is 2. The van der Waals surface area contributed by atoms with E-state index >= 15 is 0 Å². The minimum Gasteiger partial charge on any atom is -0.393 e. The zero-order valence-corrected chi connectivity index (χ0v) is 25.6. The molecular formula is C33H41FN2O7S. The van der Waals surface area contributed by atoms with Crippen molar-refractivity contribution in [3.63, 3.8) is 0 Å². The zero-order valence-electron chi connectivity index (χ0n) is 24.8. The van der Waals surface area contributed by atoms with Crippen molar-refractivity contribution in [1.29, 1.82) is 0 Å². The van der Waals surface area contributed by atoms with Gasteiger partial charge in [0, 0.05) is 12.2 Å². The van der Waals surface area contributed by atoms with Gasteiger partial charge in [0.25, 0.3) is 0 Å². The number of aliphatic hydroxyl groups excluding tert-OH is 3. The fourth-order valence-electron chi connectivity index (χ4n) is 5.53. The van der Waals surface area contributed by atoms with Gasteiger partial charge in [0.05, 0.1) is 37.5 Å². The predicted molar refractivity (Wildman–Crippen MR) is 166 cm³/mol. The number of hydrogen-bond donors (Lipinski definition) is 5. The summed E-state index contributed by atoms with van der Waals surface area (Å²) in [4.78, 5) is 15.3. The number of rotatable bonds is 16. The van der Waals surface area contributed by atoms with Crippen LogP contribution < -0.4 is 9.62 Å². The number of amides is 1. The van der Waals surface area contributed by atoms with E-state index in [-0.39, 0.29) is 30.1 Å². The molecule has 1 saturated heterocycles. The van der Waals surface area contributed by atoms with Crippen LogP contribution in [0.2, 0.25) is 0 Å². The van der Waals surface area contributed by atoms with E-state index in [4.69, 9.17) is 0 Å². The highest BCUT2D eigenvalue weighted by Gasteiger charge is 2.48. The first-order chi connectivity index (χ1) is 20.9. The molecule has 44 heavy (non-hydrogen) atoms. The first-order valence-electron chi connectivity index (χ1n) is 14.8. The number of nitrogens with one attached hydrogen (secondary N) is 1. The number of β-lactam (4-membered cyclic amide) rings is 1. The first kappa shape index (κ1) is 33.7. The Kier molecular flexibility index (Phi) is 11.3. The second-order valence-electron chi connectivity index (χ2n) is 11.6. The van der Waals surface area contributed by atoms with Gasteiger partial charge >= 0.3 is 0 Å². The number of hydrogen-bond acceptors (Lipinski definition) is 7. The maximum atomic E-state index is 13.5. The average Bonchev–Trinajstić information content (AvgIpc) is 3.01. The van der Waals surface area contributed by atoms with Crippen LogP contribution in [0, 0.1) is 11.7 Å². The quantitative estimate of drug-likeness (QED) is 0.121. The van der Waals surface area contributed by atoms with Gasteiger partial charge in [-0.15, -0.1) is 0 Å². The minimum absolute atomic E-state index is 0.0635. The summed E-state index contributed by atoms with van der Waals surface area (Å²) in [6.07, 6.45) is 2.98. The summed E-state index contributed by atoms with van der Waals surface area (Å²) < 4.78 is 38.4. The lowest BCUT2D eigenvalue weighted by Gasteiger charge is -2.48. The smallest absolute Gasteiger partial charge is 0.233 e. The van der Waals surface area contributed by atoms with Crippen molar-refractivity contribution in [1.82, 2.24) is 4.72 Å². The van der Waals surface area contributed by atoms with Crippen LogP contribution in [0.1, 0.15) is 60.1 Å². The summed E-state index contributed by atoms with van der Waals surface area (Å²) in [7, 11) is -3.24. The Morgan fingerprint density at radius 3 is 2.11 bits per heavy atom. The molecule has 9 nitrogen and oxygen atoms in total. The van der Waals surface area contributed by atoms with Gasteiger partial charge < -0.3 is 25.3 Å². The maximum absolute atomic E-state index is 13.5. The molecular weight excluding hydrogens is 587 g/mol. The number of carbonyl (C=O) groups is 1. The van der Waals surface area contributed by atoms with Crippen molar-refractivity contribution < 1.29 is 38.0 Å². The number of sulfonamides is 1. The molecule has 0 radical (unpaired) electrons. The van der Waals surface area contributed by atoms with Crippen molar-refractivity contribution in [3.8, 4) is 0 Å². The molecule has 238 valence electrons. The molecule has 3 atom stereocenters. The molecule has 0 spiro atoms. The third-order valence-electron chi connectivity index (χ3n) is 8.23. The molecule has 3 aromatic rings. The van der Waals surface area contributed by atoms with Crippen LogP contribution in [-0.4, -0.2) is 66.4 Å². The second-order valence-corrected chi connectivity index (χ2v) is 13.5. The summed E-state index contributed by atoms with van der Waals surface area (Å²) in [6, 6.07) is 20.7. The summed E-state index contributed by atoms with van der Waals surface area (Å²) in [6.45, 7) is -0.737. The van der Waals surface area contributed by atoms with E-state index < -0.39 is 34.9 Å². The van der Waals surface area contributed by atoms with Crippen LogP contribution in [0.5, 0.6) is 0 Å². The van der Waals surface area contributed by atoms with Crippen LogP contribution in [-0.2, 0) is 27.7 Å². The molecule has 4 rings (SSSR count). The largest absolute Gasteiger partial charge is 0.393 e. The fraction of sp³-hybridized carbons (Fsp3) is 0.424. The molecule has 1 aliphatic rings. The van der Waals surface area contributed by atoms with Crippen LogP contribution in [0.15, 0.2) is 72.8 Å². The predicted octanol–water partition coefficient (Wildman–Crippen LogP) is 3.17. The Morgan fingerprint density at radius 1 is 0.932 bits per heavy atom. The highest BCUT2D eigenvalue weighted by Crippen LogP contribution is 2.46. The van der Waals surface area contributed by atoms with Crippen LogP contribution >= 0.6 is 0 Å². The SMILES string of the molecule is CS(=O)(=O)NCCCc1ccc(N2C(=O)C(CC[C@H](O)c3ccc(F)cc3)[C@H]2c2ccc(CCC(O)(CO)CO)cc2)cc1. The molecule has 1 fully saturated rings. The number of halogens is 1. The normalized spacial score (nSPS) is 17.9. The van der Waals surface area contributed by atoms with Crippen molar-refractivity contribution in [2.24, 2.45) is 5.92 Å². The fourth-order valence-corrected chi connectivity index (χ4v) is 6.04. The second kappa shape index (κ2) is 14.7. The molecule has 0 aromatic heterocycles. The van der Waals surface area contributed by atoms with Crippen molar-refractivity contribution in [2.75, 3.05) is 30.9 Å². The Morgan fingerprint density at radius 2 is 1.52 bits per heavy atom. The molecule has 1 aliphatic heterocycles. The highest BCUT2D eigenvalue weighted by molar-refractivity contribution is 7.88. The molecule has 5 N–H and O–H groups in total. The number of carbonyl (C=O) groups excluding carboxylic acids is 1. The number of nitrogens with zero attached hydrogens (tertiary/aromatic N) is 1. The Bertz CT molecular complexity index is 1480. The van der Waals surface area contributed by atoms with Gasteiger partial charge in [-0.1, -0.05) is 48.5 Å². The van der Waals surface area contributed by atoms with E-state index in [1.165, 1.54) is 12.1 Å². The third kappa shape index (κ3) is 8.71. The van der Waals surface area contributed by atoms with E-state index in [1.807, 2.05) is 48.5 Å². The van der Waals surface area contributed by atoms with Gasteiger partial charge in [0.1, 0.15) is 11.4 Å². The maximum Gasteiger partial charge on any atom is 0.233 e. The zero-order chi connectivity index (χ0) is 31.9. The van der Waals surface area contributed by atoms with Gasteiger partial charge in [0.15, 0.2) is 0 Å². The minimum atomic E-state index is -3.24. The van der Waals surface area contributed by atoms with Gasteiger partial charge in [-0.2, -0.15) is 0 Å². The first-order valence-corrected chi connectivity index (χ1v) is 16.7. The Balaban J connectivity index is 1.49. The number of aliphatic hydroxyl groups is 4. The molecule has 11 heteroatoms. The monoisotopic (exact) mass is 628 g/mol. The summed E-state index contributed by atoms with van der Waals surface area (Å²) >= 11 is 0. The van der Waals surface area contributed by atoms with E-state index in [1.54, 1.807) is 17.0 Å². The molecule has 0 bridgehead atoms. The van der Waals surface area contributed by atoms with E-state index in [0.29, 0.717) is 44.2 Å². The van der Waals surface area contributed by atoms with Gasteiger partial charge in [-0.3, -0.25) is 4.79 Å². The van der Waals surface area contributed by atoms with E-state index in [2.05, 4.69) is 4.72 Å². The van der Waals surface area contributed by atoms with E-state index in [0.717, 1.165) is 28.6 Å². The van der Waals surface area contributed by atoms with Crippen molar-refractivity contribution in [3.05, 3.63) is 101 Å². The molecule has 0 saturated carbocycles. The molecule has 0 aliphatic carbocycles. The lowest BCUT2D eigenvalue weighted by Crippen LogP contribution is -2.55. The topological polar surface area (TPSA) is 147 Å². The summed E-state index contributed by atoms with van der Waals surface area (Å²) in [5.74, 6) is -0.832. The highest BCUT2D eigenvalue weighted by atomic mass is 32.2. The van der Waals surface area contributed by atoms with Gasteiger partial charge in [-0.05, 0) is 85.0 Å². The molecule has 1 unspecified atom stereocenters. The lowest BCUT2D eigenvalue weighted by molar-refractivity contribution is -0.131. The Hall–Kier alpha value is -3.19. The molecule has 1 amide bonds. The van der Waals surface area contributed by atoms with Crippen LogP contribution in [0.25, 0.3) is 0 Å². The summed E-state index contributed by atoms with van der Waals surface area (Å²) in [5, 5.41) is 39.7. The van der Waals surface area contributed by atoms with Gasteiger partial charge in [0.2, 0.25) is 15.9 Å². The standard InChI is InChI=1S/C33H41FN2O7S/c1-44(42,43)35-20-2-3-23-6-14-28(15-7-23)36-31(26-8-4-24(5-9-26)18-19-33(41,21-37)22-38)29(32(36)40)16-17-30(39)25-10-12-27(34)13-11-25/h4-15,29-31,35,37-39,41H,2-3,16-22H2,1H3/t29?,30-,31+/m0/s1. The van der Waals surface area contributed by atoms with Gasteiger partial charge in [-0.25, -0.2) is 17.5 Å². The lowest BCUT2D eigenvalue weighted by atomic mass is 9.78. The molecule has 1 heterocycles. The van der Waals surface area contributed by atoms with E-state index in [9.17, 15) is 38.0 Å². The number of benzene rings is 3. The molecule has 3 aromatic carbocycles. The Labute approximate surface area is 258 Å². The van der Waals surface area contributed by atoms with Crippen LogP contribution in [0.4, 0.5) is 10.1 Å². The van der Waals surface area contributed by atoms with Crippen molar-refractivity contribution >= 4 is 21.6 Å². The number of anilines is 1. The third-order valence-corrected chi connectivity index (χ3v) is 8.96. The van der Waals surface area contributed by atoms with Crippen LogP contribution in [0.3, 0.4) is 0 Å². The average molecular weight is 629 g/mol. The van der Waals surface area contributed by atoms with Crippen molar-refractivity contribution in [2.45, 2.75) is 56.3 Å².